The third kappa shape index (κ3) is 4.75. The Labute approximate surface area is 345 Å². The summed E-state index contributed by atoms with van der Waals surface area (Å²) >= 11 is 0. The summed E-state index contributed by atoms with van der Waals surface area (Å²) in [7, 11) is -2.90. The van der Waals surface area contributed by atoms with E-state index in [2.05, 4.69) is 219 Å². The highest BCUT2D eigenvalue weighted by Crippen LogP contribution is 2.51. The minimum Gasteiger partial charge on any atom is -0.309 e. The van der Waals surface area contributed by atoms with Crippen molar-refractivity contribution in [3.8, 4) is 50.7 Å². The van der Waals surface area contributed by atoms with E-state index in [4.69, 9.17) is 9.97 Å². The van der Waals surface area contributed by atoms with Crippen LogP contribution in [0.1, 0.15) is 25.0 Å². The summed E-state index contributed by atoms with van der Waals surface area (Å²) in [5.41, 5.74) is 14.2. The lowest BCUT2D eigenvalue weighted by atomic mass is 9.82. The van der Waals surface area contributed by atoms with Crippen molar-refractivity contribution in [2.75, 3.05) is 0 Å². The van der Waals surface area contributed by atoms with Gasteiger partial charge in [0.2, 0.25) is 0 Å². The first-order valence-electron chi connectivity index (χ1n) is 20.5. The van der Waals surface area contributed by atoms with Gasteiger partial charge in [-0.1, -0.05) is 184 Å². The maximum Gasteiger partial charge on any atom is 0.185 e. The quantitative estimate of drug-likeness (QED) is 0.163. The summed E-state index contributed by atoms with van der Waals surface area (Å²) in [6, 6.07) is 73.5. The van der Waals surface area contributed by atoms with Gasteiger partial charge >= 0.3 is 0 Å². The molecule has 12 rings (SSSR count). The largest absolute Gasteiger partial charge is 0.309 e. The second kappa shape index (κ2) is 12.7. The molecule has 0 unspecified atom stereocenters. The number of aromatic nitrogens is 3. The van der Waals surface area contributed by atoms with Crippen LogP contribution in [0.5, 0.6) is 0 Å². The molecule has 10 aromatic rings. The fourth-order valence-electron chi connectivity index (χ4n) is 10.4. The van der Waals surface area contributed by atoms with Crippen LogP contribution in [0.3, 0.4) is 0 Å². The Bertz CT molecular complexity index is 3240. The van der Waals surface area contributed by atoms with E-state index in [1.807, 2.05) is 0 Å². The monoisotopic (exact) mass is 769 g/mol. The Morgan fingerprint density at radius 3 is 1.76 bits per heavy atom. The lowest BCUT2D eigenvalue weighted by molar-refractivity contribution is 0.661. The van der Waals surface area contributed by atoms with Gasteiger partial charge in [0.05, 0.1) is 22.4 Å². The van der Waals surface area contributed by atoms with Gasteiger partial charge in [0, 0.05) is 43.8 Å². The van der Waals surface area contributed by atoms with Gasteiger partial charge in [-0.15, -0.1) is 0 Å². The van der Waals surface area contributed by atoms with Crippen LogP contribution in [0.4, 0.5) is 0 Å². The molecule has 0 radical (unpaired) electrons. The first-order chi connectivity index (χ1) is 29.0. The summed E-state index contributed by atoms with van der Waals surface area (Å²) in [6.07, 6.45) is 0. The van der Waals surface area contributed by atoms with Crippen LogP contribution in [0, 0.1) is 0 Å². The molecule has 4 heteroatoms. The molecular formula is C55H39N3Si. The summed E-state index contributed by atoms with van der Waals surface area (Å²) in [5.74, 6) is 0.740. The standard InChI is InChI=1S/C55H39N3Si/c1-55(2)46-27-15-12-24-41(46)44-34-45-42-25-13-16-28-48(42)58(49(45)35-47(44)55)38-32-30-36(31-33-38)51-53-52(57-54(56-51)37-18-6-3-7-19-37)43-26-14-17-29-50(43)59(53,39-20-8-4-9-21-39)40-22-10-5-11-23-40/h3-35H,1-2H3. The normalized spacial score (nSPS) is 14.2. The predicted molar refractivity (Wildman–Crippen MR) is 247 cm³/mol. The van der Waals surface area contributed by atoms with Crippen LogP contribution < -0.4 is 20.7 Å². The molecule has 278 valence electrons. The number of fused-ring (bicyclic) bond motifs is 9. The van der Waals surface area contributed by atoms with Gasteiger partial charge in [-0.2, -0.15) is 0 Å². The SMILES string of the molecule is CC1(C)c2ccccc2-c2cc3c4ccccc4n(-c4ccc(-c5nc(-c6ccccc6)nc6c5[Si](c5ccccc5)(c5ccccc5)c5ccccc5-6)cc4)c3cc21. The average molecular weight is 770 g/mol. The van der Waals surface area contributed by atoms with E-state index in [1.165, 1.54) is 70.4 Å². The Morgan fingerprint density at radius 1 is 0.441 bits per heavy atom. The molecule has 3 heterocycles. The highest BCUT2D eigenvalue weighted by molar-refractivity contribution is 7.22. The topological polar surface area (TPSA) is 30.7 Å². The maximum atomic E-state index is 5.60. The number of rotatable bonds is 5. The van der Waals surface area contributed by atoms with Crippen molar-refractivity contribution < 1.29 is 0 Å². The lowest BCUT2D eigenvalue weighted by Crippen LogP contribution is -2.73. The Morgan fingerprint density at radius 2 is 1.03 bits per heavy atom. The van der Waals surface area contributed by atoms with Gasteiger partial charge in [-0.05, 0) is 68.1 Å². The molecule has 1 aliphatic carbocycles. The minimum absolute atomic E-state index is 0.0966. The van der Waals surface area contributed by atoms with Gasteiger partial charge in [0.1, 0.15) is 0 Å². The minimum atomic E-state index is -2.90. The molecule has 2 aliphatic rings. The van der Waals surface area contributed by atoms with Crippen molar-refractivity contribution >= 4 is 50.6 Å². The van der Waals surface area contributed by atoms with Crippen LogP contribution in [0.25, 0.3) is 72.5 Å². The molecule has 3 nitrogen and oxygen atoms in total. The highest BCUT2D eigenvalue weighted by Gasteiger charge is 2.51. The van der Waals surface area contributed by atoms with Crippen LogP contribution in [0.2, 0.25) is 0 Å². The van der Waals surface area contributed by atoms with Crippen molar-refractivity contribution in [1.82, 2.24) is 14.5 Å². The van der Waals surface area contributed by atoms with Crippen LogP contribution >= 0.6 is 0 Å². The molecule has 0 saturated carbocycles. The first kappa shape index (κ1) is 33.9. The smallest absolute Gasteiger partial charge is 0.185 e. The molecule has 0 amide bonds. The van der Waals surface area contributed by atoms with Crippen molar-refractivity contribution in [3.05, 3.63) is 211 Å². The van der Waals surface area contributed by atoms with Gasteiger partial charge in [0.25, 0.3) is 0 Å². The van der Waals surface area contributed by atoms with E-state index >= 15 is 0 Å². The Kier molecular flexibility index (Phi) is 7.29. The molecule has 0 N–H and O–H groups in total. The lowest BCUT2D eigenvalue weighted by Gasteiger charge is -2.32. The molecule has 0 fully saturated rings. The van der Waals surface area contributed by atoms with Crippen LogP contribution in [-0.4, -0.2) is 22.6 Å². The summed E-state index contributed by atoms with van der Waals surface area (Å²) in [4.78, 5) is 11.1. The molecule has 59 heavy (non-hydrogen) atoms. The molecular weight excluding hydrogens is 731 g/mol. The zero-order valence-electron chi connectivity index (χ0n) is 32.9. The Balaban J connectivity index is 1.11. The molecule has 0 saturated heterocycles. The van der Waals surface area contributed by atoms with E-state index < -0.39 is 8.07 Å². The fourth-order valence-corrected chi connectivity index (χ4v) is 15.7. The summed E-state index contributed by atoms with van der Waals surface area (Å²) in [6.45, 7) is 4.73. The van der Waals surface area contributed by atoms with Crippen molar-refractivity contribution in [1.29, 1.82) is 0 Å². The van der Waals surface area contributed by atoms with Crippen molar-refractivity contribution in [2.45, 2.75) is 19.3 Å². The van der Waals surface area contributed by atoms with E-state index in [0.717, 1.165) is 34.0 Å². The number of para-hydroxylation sites is 1. The number of benzene rings is 8. The van der Waals surface area contributed by atoms with E-state index in [-0.39, 0.29) is 5.41 Å². The van der Waals surface area contributed by atoms with E-state index in [9.17, 15) is 0 Å². The van der Waals surface area contributed by atoms with Crippen LogP contribution in [0.15, 0.2) is 200 Å². The Hall–Kier alpha value is -7.14. The second-order valence-corrected chi connectivity index (χ2v) is 20.2. The third-order valence-electron chi connectivity index (χ3n) is 13.1. The highest BCUT2D eigenvalue weighted by atomic mass is 28.3. The zero-order chi connectivity index (χ0) is 39.3. The number of hydrogen-bond donors (Lipinski definition) is 0. The molecule has 0 bridgehead atoms. The van der Waals surface area contributed by atoms with Gasteiger partial charge in [0.15, 0.2) is 13.9 Å². The van der Waals surface area contributed by atoms with Crippen molar-refractivity contribution in [2.24, 2.45) is 0 Å². The fraction of sp³-hybridized carbons (Fsp3) is 0.0545. The summed E-state index contributed by atoms with van der Waals surface area (Å²) < 4.78 is 2.45. The van der Waals surface area contributed by atoms with Gasteiger partial charge in [-0.25, -0.2) is 9.97 Å². The van der Waals surface area contributed by atoms with Gasteiger partial charge in [-0.3, -0.25) is 0 Å². The summed E-state index contributed by atoms with van der Waals surface area (Å²) in [5, 5.41) is 7.79. The molecule has 0 spiro atoms. The molecule has 8 aromatic carbocycles. The third-order valence-corrected chi connectivity index (χ3v) is 18.0. The molecule has 1 aliphatic heterocycles. The average Bonchev–Trinajstić information content (AvgIpc) is 3.87. The van der Waals surface area contributed by atoms with Crippen molar-refractivity contribution in [3.63, 3.8) is 0 Å². The zero-order valence-corrected chi connectivity index (χ0v) is 33.9. The number of nitrogens with zero attached hydrogens (tertiary/aromatic N) is 3. The second-order valence-electron chi connectivity index (χ2n) is 16.5. The molecule has 0 atom stereocenters. The number of hydrogen-bond acceptors (Lipinski definition) is 2. The van der Waals surface area contributed by atoms with E-state index in [0.29, 0.717) is 0 Å². The predicted octanol–water partition coefficient (Wildman–Crippen LogP) is 10.6. The van der Waals surface area contributed by atoms with Crippen LogP contribution in [-0.2, 0) is 5.41 Å². The molecule has 2 aromatic heterocycles. The van der Waals surface area contributed by atoms with E-state index in [1.54, 1.807) is 0 Å². The maximum absolute atomic E-state index is 5.60. The van der Waals surface area contributed by atoms with Gasteiger partial charge < -0.3 is 4.57 Å². The first-order valence-corrected chi connectivity index (χ1v) is 22.5.